The van der Waals surface area contributed by atoms with Crippen LogP contribution >= 0.6 is 0 Å². The van der Waals surface area contributed by atoms with Crippen LogP contribution in [0.1, 0.15) is 39.8 Å². The maximum absolute atomic E-state index is 13.5. The first-order valence-electron chi connectivity index (χ1n) is 11.7. The number of carbonyl (C=O) groups is 3. The zero-order valence-corrected chi connectivity index (χ0v) is 21.1. The molecule has 1 fully saturated rings. The summed E-state index contributed by atoms with van der Waals surface area (Å²) in [5, 5.41) is 7.19. The van der Waals surface area contributed by atoms with E-state index in [1.807, 2.05) is 37.3 Å². The lowest BCUT2D eigenvalue weighted by Gasteiger charge is -2.28. The van der Waals surface area contributed by atoms with E-state index < -0.39 is 12.1 Å². The summed E-state index contributed by atoms with van der Waals surface area (Å²) in [7, 11) is 2.75. The van der Waals surface area contributed by atoms with Gasteiger partial charge in [0.15, 0.2) is 11.5 Å². The van der Waals surface area contributed by atoms with Crippen LogP contribution in [-0.4, -0.2) is 71.7 Å². The Hall–Kier alpha value is -4.54. The van der Waals surface area contributed by atoms with Crippen LogP contribution < -0.4 is 14.2 Å². The molecule has 0 saturated carbocycles. The van der Waals surface area contributed by atoms with Gasteiger partial charge in [0.05, 0.1) is 44.0 Å². The Morgan fingerprint density at radius 2 is 1.57 bits per heavy atom. The number of methoxy groups -OCH3 is 2. The van der Waals surface area contributed by atoms with Crippen LogP contribution in [0.5, 0.6) is 17.2 Å². The van der Waals surface area contributed by atoms with Crippen molar-refractivity contribution in [3.05, 3.63) is 65.5 Å². The van der Waals surface area contributed by atoms with Crippen LogP contribution in [0.25, 0.3) is 5.69 Å². The number of rotatable bonds is 7. The molecular formula is C26H28N4O7. The highest BCUT2D eigenvalue weighted by atomic mass is 16.7. The minimum atomic E-state index is -0.930. The molecule has 0 aliphatic carbocycles. The highest BCUT2D eigenvalue weighted by molar-refractivity contribution is 6.00. The number of nitrogens with zero attached hydrogens (tertiary/aromatic N) is 4. The number of hydrogen-bond donors (Lipinski definition) is 0. The second-order valence-electron chi connectivity index (χ2n) is 8.10. The Labute approximate surface area is 214 Å². The van der Waals surface area contributed by atoms with Gasteiger partial charge in [-0.25, -0.2) is 19.5 Å². The molecule has 2 heterocycles. The van der Waals surface area contributed by atoms with E-state index in [0.29, 0.717) is 30.8 Å². The van der Waals surface area contributed by atoms with Crippen molar-refractivity contribution in [1.29, 1.82) is 0 Å². The maximum atomic E-state index is 13.5. The van der Waals surface area contributed by atoms with E-state index in [1.165, 1.54) is 42.6 Å². The van der Waals surface area contributed by atoms with Crippen molar-refractivity contribution >= 4 is 18.0 Å². The fourth-order valence-electron chi connectivity index (χ4n) is 4.11. The predicted molar refractivity (Wildman–Crippen MR) is 132 cm³/mol. The Bertz CT molecular complexity index is 1280. The molecule has 1 aromatic heterocycles. The van der Waals surface area contributed by atoms with E-state index in [0.717, 1.165) is 5.69 Å². The summed E-state index contributed by atoms with van der Waals surface area (Å²) in [6.45, 7) is 4.31. The molecule has 37 heavy (non-hydrogen) atoms. The number of benzene rings is 2. The monoisotopic (exact) mass is 508 g/mol. The average Bonchev–Trinajstić information content (AvgIpc) is 3.55. The molecule has 0 bridgehead atoms. The van der Waals surface area contributed by atoms with Crippen LogP contribution in [0.2, 0.25) is 0 Å². The molecule has 0 spiro atoms. The lowest BCUT2D eigenvalue weighted by atomic mass is 10.1. The van der Waals surface area contributed by atoms with Crippen molar-refractivity contribution in [3.8, 4) is 22.9 Å². The Balaban J connectivity index is 1.61. The summed E-state index contributed by atoms with van der Waals surface area (Å²) in [6, 6.07) is 12.3. The average molecular weight is 509 g/mol. The first-order chi connectivity index (χ1) is 17.9. The minimum absolute atomic E-state index is 0.0155. The molecule has 2 aromatic carbocycles. The zero-order chi connectivity index (χ0) is 26.5. The molecule has 0 N–H and O–H groups in total. The molecule has 11 heteroatoms. The summed E-state index contributed by atoms with van der Waals surface area (Å²) >= 11 is 0. The van der Waals surface area contributed by atoms with Gasteiger partial charge in [0, 0.05) is 18.7 Å². The molecular weight excluding hydrogens is 480 g/mol. The van der Waals surface area contributed by atoms with Gasteiger partial charge in [-0.3, -0.25) is 9.59 Å². The van der Waals surface area contributed by atoms with E-state index in [-0.39, 0.29) is 35.3 Å². The van der Waals surface area contributed by atoms with Gasteiger partial charge in [-0.15, -0.1) is 0 Å². The minimum Gasteiger partial charge on any atom is -0.493 e. The van der Waals surface area contributed by atoms with E-state index in [4.69, 9.17) is 18.9 Å². The van der Waals surface area contributed by atoms with Gasteiger partial charge in [0.25, 0.3) is 11.8 Å². The van der Waals surface area contributed by atoms with Gasteiger partial charge < -0.3 is 18.9 Å². The van der Waals surface area contributed by atoms with Crippen molar-refractivity contribution < 1.29 is 33.3 Å². The number of hydrazine groups is 1. The number of aromatic nitrogens is 2. The normalized spacial score (nSPS) is 12.9. The summed E-state index contributed by atoms with van der Waals surface area (Å²) in [4.78, 5) is 38.9. The first-order valence-corrected chi connectivity index (χ1v) is 11.7. The van der Waals surface area contributed by atoms with Gasteiger partial charge in [-0.05, 0) is 44.5 Å². The lowest BCUT2D eigenvalue weighted by molar-refractivity contribution is 0.0185. The summed E-state index contributed by atoms with van der Waals surface area (Å²) in [5.74, 6) is -0.566. The number of hydrogen-bond acceptors (Lipinski definition) is 8. The molecule has 1 aliphatic heterocycles. The predicted octanol–water partition coefficient (Wildman–Crippen LogP) is 3.64. The topological polar surface area (TPSA) is 112 Å². The Kier molecular flexibility index (Phi) is 7.61. The smallest absolute Gasteiger partial charge is 0.493 e. The highest BCUT2D eigenvalue weighted by Gasteiger charge is 2.34. The van der Waals surface area contributed by atoms with Gasteiger partial charge >= 0.3 is 6.16 Å². The maximum Gasteiger partial charge on any atom is 0.514 e. The lowest BCUT2D eigenvalue weighted by Crippen LogP contribution is -2.45. The number of ether oxygens (including phenoxy) is 4. The van der Waals surface area contributed by atoms with E-state index in [9.17, 15) is 14.4 Å². The first kappa shape index (κ1) is 25.5. The quantitative estimate of drug-likeness (QED) is 0.351. The molecule has 4 rings (SSSR count). The molecule has 0 atom stereocenters. The fraction of sp³-hybridized carbons (Fsp3) is 0.308. The molecule has 3 aromatic rings. The van der Waals surface area contributed by atoms with Gasteiger partial charge in [-0.2, -0.15) is 5.10 Å². The van der Waals surface area contributed by atoms with Gasteiger partial charge in [-0.1, -0.05) is 18.2 Å². The third-order valence-electron chi connectivity index (χ3n) is 5.90. The van der Waals surface area contributed by atoms with Gasteiger partial charge in [0.2, 0.25) is 5.75 Å². The van der Waals surface area contributed by atoms with Crippen molar-refractivity contribution in [2.75, 3.05) is 33.9 Å². The summed E-state index contributed by atoms with van der Waals surface area (Å²) in [5.41, 5.74) is 2.09. The van der Waals surface area contributed by atoms with Gasteiger partial charge in [0.1, 0.15) is 0 Å². The van der Waals surface area contributed by atoms with E-state index >= 15 is 0 Å². The third-order valence-corrected chi connectivity index (χ3v) is 5.90. The molecule has 0 radical (unpaired) electrons. The second kappa shape index (κ2) is 11.0. The summed E-state index contributed by atoms with van der Waals surface area (Å²) in [6.07, 6.45) is 1.20. The van der Waals surface area contributed by atoms with E-state index in [2.05, 4.69) is 5.10 Å². The molecule has 2 amide bonds. The van der Waals surface area contributed by atoms with Crippen LogP contribution in [-0.2, 0) is 4.74 Å². The number of amides is 2. The van der Waals surface area contributed by atoms with Crippen molar-refractivity contribution in [3.63, 3.8) is 0 Å². The Morgan fingerprint density at radius 3 is 2.16 bits per heavy atom. The Morgan fingerprint density at radius 1 is 0.946 bits per heavy atom. The van der Waals surface area contributed by atoms with Crippen LogP contribution in [0.15, 0.2) is 48.7 Å². The summed E-state index contributed by atoms with van der Waals surface area (Å²) < 4.78 is 22.4. The molecule has 11 nitrogen and oxygen atoms in total. The van der Waals surface area contributed by atoms with Crippen molar-refractivity contribution in [2.45, 2.75) is 20.3 Å². The largest absolute Gasteiger partial charge is 0.514 e. The molecule has 1 saturated heterocycles. The van der Waals surface area contributed by atoms with Crippen LogP contribution in [0, 0.1) is 6.92 Å². The van der Waals surface area contributed by atoms with Crippen molar-refractivity contribution in [1.82, 2.24) is 19.8 Å². The third kappa shape index (κ3) is 5.06. The standard InChI is InChI=1S/C26H28N4O7/c1-5-36-26(33)37-23-21(34-3)14-18(15-22(23)35-4)24(31)28-12-9-13-29(28)25(32)20-16-27-30(17(20)2)19-10-7-6-8-11-19/h6-8,10-11,14-16H,5,9,12-13H2,1-4H3. The number of para-hydroxylation sites is 1. The highest BCUT2D eigenvalue weighted by Crippen LogP contribution is 2.39. The van der Waals surface area contributed by atoms with Crippen LogP contribution in [0.4, 0.5) is 4.79 Å². The van der Waals surface area contributed by atoms with E-state index in [1.54, 1.807) is 11.6 Å². The fourth-order valence-corrected chi connectivity index (χ4v) is 4.11. The molecule has 1 aliphatic rings. The molecule has 194 valence electrons. The molecule has 0 unspecified atom stereocenters. The second-order valence-corrected chi connectivity index (χ2v) is 8.10. The van der Waals surface area contributed by atoms with Crippen molar-refractivity contribution in [2.24, 2.45) is 0 Å². The zero-order valence-electron chi connectivity index (χ0n) is 21.1. The number of carbonyl (C=O) groups excluding carboxylic acids is 3. The van der Waals surface area contributed by atoms with Crippen LogP contribution in [0.3, 0.4) is 0 Å². The SMILES string of the molecule is CCOC(=O)Oc1c(OC)cc(C(=O)N2CCCN2C(=O)c2cnn(-c3ccccc3)c2C)cc1OC.